The summed E-state index contributed by atoms with van der Waals surface area (Å²) in [5.74, 6) is 0. The molecule has 1 aromatic carbocycles. The predicted molar refractivity (Wildman–Crippen MR) is 43.6 cm³/mol. The molecule has 0 aliphatic carbocycles. The first-order valence-electron chi connectivity index (χ1n) is 4.17. The molecule has 2 N–H and O–H groups in total. The van der Waals surface area contributed by atoms with Crippen molar-refractivity contribution in [2.45, 2.75) is 18.6 Å². The molecular formula is C9H6F6O2. The molecule has 1 aromatic rings. The molecule has 17 heavy (non-hydrogen) atoms. The maximum Gasteiger partial charge on any atom is 0.416 e. The van der Waals surface area contributed by atoms with E-state index in [0.717, 1.165) is 0 Å². The van der Waals surface area contributed by atoms with Crippen molar-refractivity contribution in [1.29, 1.82) is 0 Å². The first-order chi connectivity index (χ1) is 7.51. The number of halogens is 6. The second kappa shape index (κ2) is 4.19. The third-order valence-corrected chi connectivity index (χ3v) is 1.91. The second-order valence-electron chi connectivity index (χ2n) is 3.21. The molecule has 0 spiro atoms. The van der Waals surface area contributed by atoms with Crippen LogP contribution in [0.2, 0.25) is 0 Å². The van der Waals surface area contributed by atoms with E-state index in [9.17, 15) is 26.3 Å². The van der Waals surface area contributed by atoms with Crippen LogP contribution in [0.3, 0.4) is 0 Å². The predicted octanol–water partition coefficient (Wildman–Crippen LogP) is 2.71. The highest BCUT2D eigenvalue weighted by atomic mass is 19.4. The molecule has 2 nitrogen and oxygen atoms in total. The highest BCUT2D eigenvalue weighted by Crippen LogP contribution is 2.37. The highest BCUT2D eigenvalue weighted by molar-refractivity contribution is 5.34. The molecule has 8 heteroatoms. The van der Waals surface area contributed by atoms with Crippen LogP contribution >= 0.6 is 0 Å². The van der Waals surface area contributed by atoms with Crippen molar-refractivity contribution in [3.05, 3.63) is 34.9 Å². The molecule has 0 amide bonds. The summed E-state index contributed by atoms with van der Waals surface area (Å²) < 4.78 is 73.6. The second-order valence-corrected chi connectivity index (χ2v) is 3.21. The molecule has 0 unspecified atom stereocenters. The highest BCUT2D eigenvalue weighted by Gasteiger charge is 2.37. The van der Waals surface area contributed by atoms with Gasteiger partial charge in [-0.1, -0.05) is 0 Å². The maximum absolute atomic E-state index is 12.3. The van der Waals surface area contributed by atoms with E-state index in [1.54, 1.807) is 0 Å². The number of alkyl halides is 6. The third-order valence-electron chi connectivity index (χ3n) is 1.91. The van der Waals surface area contributed by atoms with Gasteiger partial charge >= 0.3 is 12.4 Å². The van der Waals surface area contributed by atoms with E-state index in [-0.39, 0.29) is 18.2 Å². The molecule has 0 heterocycles. The molecule has 0 saturated heterocycles. The van der Waals surface area contributed by atoms with Gasteiger partial charge in [-0.2, -0.15) is 26.3 Å². The zero-order valence-electron chi connectivity index (χ0n) is 7.97. The van der Waals surface area contributed by atoms with Gasteiger partial charge in [-0.05, 0) is 18.2 Å². The van der Waals surface area contributed by atoms with Gasteiger partial charge in [-0.25, -0.2) is 0 Å². The summed E-state index contributed by atoms with van der Waals surface area (Å²) in [7, 11) is 0. The number of hydrogen-bond acceptors (Lipinski definition) is 2. The van der Waals surface area contributed by atoms with Gasteiger partial charge in [0.25, 0.3) is 0 Å². The topological polar surface area (TPSA) is 40.5 Å². The van der Waals surface area contributed by atoms with Gasteiger partial charge in [0, 0.05) is 5.56 Å². The first-order valence-corrected chi connectivity index (χ1v) is 4.17. The Balaban J connectivity index is 3.40. The minimum absolute atomic E-state index is 0.0914. The molecular weight excluding hydrogens is 254 g/mol. The van der Waals surface area contributed by atoms with Crippen molar-refractivity contribution in [3.8, 4) is 0 Å². The zero-order valence-corrected chi connectivity index (χ0v) is 7.97. The fraction of sp³-hybridized carbons (Fsp3) is 0.333. The number of aliphatic hydroxyl groups excluding tert-OH is 1. The molecule has 0 bridgehead atoms. The number of aliphatic hydroxyl groups is 2. The van der Waals surface area contributed by atoms with Crippen LogP contribution in [0.4, 0.5) is 26.3 Å². The van der Waals surface area contributed by atoms with E-state index < -0.39 is 35.3 Å². The van der Waals surface area contributed by atoms with E-state index >= 15 is 0 Å². The molecule has 1 rings (SSSR count). The molecule has 0 aromatic heterocycles. The van der Waals surface area contributed by atoms with Crippen LogP contribution < -0.4 is 0 Å². The molecule has 0 aliphatic heterocycles. The van der Waals surface area contributed by atoms with Gasteiger partial charge in [0.05, 0.1) is 11.1 Å². The van der Waals surface area contributed by atoms with Crippen LogP contribution in [-0.2, 0) is 12.4 Å². The van der Waals surface area contributed by atoms with Crippen LogP contribution in [0.25, 0.3) is 0 Å². The Hall–Kier alpha value is -1.28. The van der Waals surface area contributed by atoms with E-state index in [4.69, 9.17) is 10.2 Å². The van der Waals surface area contributed by atoms with Gasteiger partial charge in [-0.3, -0.25) is 0 Å². The molecule has 0 fully saturated rings. The van der Waals surface area contributed by atoms with E-state index in [1.807, 2.05) is 0 Å². The molecule has 0 atom stereocenters. The standard InChI is InChI=1S/C9H6F6O2/c10-8(11,12)5-1-4(7(16)17)2-6(3-5)9(13,14)15/h1-3,7,16-17H. The summed E-state index contributed by atoms with van der Waals surface area (Å²) in [4.78, 5) is 0. The van der Waals surface area contributed by atoms with Crippen LogP contribution in [-0.4, -0.2) is 10.2 Å². The quantitative estimate of drug-likeness (QED) is 0.602. The van der Waals surface area contributed by atoms with Gasteiger partial charge in [-0.15, -0.1) is 0 Å². The number of hydrogen-bond donors (Lipinski definition) is 2. The fourth-order valence-electron chi connectivity index (χ4n) is 1.13. The van der Waals surface area contributed by atoms with Gasteiger partial charge in [0.2, 0.25) is 0 Å². The average molecular weight is 260 g/mol. The summed E-state index contributed by atoms with van der Waals surface area (Å²) in [5.41, 5.74) is -4.04. The third kappa shape index (κ3) is 3.34. The zero-order chi connectivity index (χ0) is 13.4. The lowest BCUT2D eigenvalue weighted by Crippen LogP contribution is -2.12. The lowest BCUT2D eigenvalue weighted by molar-refractivity contribution is -0.143. The van der Waals surface area contributed by atoms with Crippen molar-refractivity contribution < 1.29 is 36.6 Å². The van der Waals surface area contributed by atoms with Gasteiger partial charge in [0.1, 0.15) is 0 Å². The first kappa shape index (κ1) is 13.8. The number of benzene rings is 1. The van der Waals surface area contributed by atoms with Crippen molar-refractivity contribution in [1.82, 2.24) is 0 Å². The summed E-state index contributed by atoms with van der Waals surface area (Å²) in [5, 5.41) is 17.2. The largest absolute Gasteiger partial charge is 0.416 e. The van der Waals surface area contributed by atoms with Crippen LogP contribution in [0.5, 0.6) is 0 Å². The van der Waals surface area contributed by atoms with Crippen LogP contribution in [0.1, 0.15) is 23.0 Å². The summed E-state index contributed by atoms with van der Waals surface area (Å²) in [6.07, 6.45) is -12.4. The summed E-state index contributed by atoms with van der Waals surface area (Å²) in [6, 6.07) is 0.408. The molecule has 96 valence electrons. The summed E-state index contributed by atoms with van der Waals surface area (Å²) in [6.45, 7) is 0. The monoisotopic (exact) mass is 260 g/mol. The van der Waals surface area contributed by atoms with Crippen molar-refractivity contribution in [2.24, 2.45) is 0 Å². The Bertz CT molecular complexity index is 375. The lowest BCUT2D eigenvalue weighted by Gasteiger charge is -2.14. The fourth-order valence-corrected chi connectivity index (χ4v) is 1.13. The molecule has 0 aliphatic rings. The Morgan fingerprint density at radius 1 is 0.765 bits per heavy atom. The molecule has 0 saturated carbocycles. The average Bonchev–Trinajstić information content (AvgIpc) is 2.14. The van der Waals surface area contributed by atoms with E-state index in [0.29, 0.717) is 0 Å². The van der Waals surface area contributed by atoms with Crippen LogP contribution in [0, 0.1) is 0 Å². The van der Waals surface area contributed by atoms with Crippen molar-refractivity contribution in [2.75, 3.05) is 0 Å². The minimum atomic E-state index is -5.00. The normalized spacial score (nSPS) is 13.2. The van der Waals surface area contributed by atoms with Gasteiger partial charge < -0.3 is 10.2 Å². The molecule has 0 radical (unpaired) electrons. The Morgan fingerprint density at radius 2 is 1.12 bits per heavy atom. The van der Waals surface area contributed by atoms with Crippen LogP contribution in [0.15, 0.2) is 18.2 Å². The summed E-state index contributed by atoms with van der Waals surface area (Å²) >= 11 is 0. The maximum atomic E-state index is 12.3. The van der Waals surface area contributed by atoms with Crippen molar-refractivity contribution >= 4 is 0 Å². The Labute approximate surface area is 91.1 Å². The minimum Gasteiger partial charge on any atom is -0.364 e. The smallest absolute Gasteiger partial charge is 0.364 e. The Morgan fingerprint density at radius 3 is 1.35 bits per heavy atom. The lowest BCUT2D eigenvalue weighted by atomic mass is 10.0. The van der Waals surface area contributed by atoms with Gasteiger partial charge in [0.15, 0.2) is 6.29 Å². The Kier molecular flexibility index (Phi) is 3.40. The van der Waals surface area contributed by atoms with E-state index in [1.165, 1.54) is 0 Å². The van der Waals surface area contributed by atoms with Crippen molar-refractivity contribution in [3.63, 3.8) is 0 Å². The van der Waals surface area contributed by atoms with E-state index in [2.05, 4.69) is 0 Å². The SMILES string of the molecule is OC(O)c1cc(C(F)(F)F)cc(C(F)(F)F)c1. The number of rotatable bonds is 1.